The molecule has 1 aromatic heterocycles. The van der Waals surface area contributed by atoms with Crippen LogP contribution in [0.3, 0.4) is 0 Å². The van der Waals surface area contributed by atoms with Crippen molar-refractivity contribution in [2.45, 2.75) is 32.7 Å². The summed E-state index contributed by atoms with van der Waals surface area (Å²) in [6, 6.07) is 10.9. The van der Waals surface area contributed by atoms with E-state index in [9.17, 15) is 14.3 Å². The zero-order valence-corrected chi connectivity index (χ0v) is 18.8. The van der Waals surface area contributed by atoms with E-state index in [1.807, 2.05) is 0 Å². The van der Waals surface area contributed by atoms with Gasteiger partial charge >= 0.3 is 0 Å². The maximum Gasteiger partial charge on any atom is 0.222 e. The molecule has 1 aliphatic rings. The molecule has 1 unspecified atom stereocenters. The first-order valence-corrected chi connectivity index (χ1v) is 11.1. The highest BCUT2D eigenvalue weighted by atomic mass is 19.1. The highest BCUT2D eigenvalue weighted by Crippen LogP contribution is 2.31. The van der Waals surface area contributed by atoms with Gasteiger partial charge in [-0.2, -0.15) is 4.98 Å². The first-order valence-electron chi connectivity index (χ1n) is 11.1. The topological polar surface area (TPSA) is 104 Å². The van der Waals surface area contributed by atoms with Gasteiger partial charge in [-0.15, -0.1) is 0 Å². The first kappa shape index (κ1) is 22.7. The molecular formula is C25H28FN5O2. The van der Waals surface area contributed by atoms with E-state index in [0.29, 0.717) is 23.1 Å². The van der Waals surface area contributed by atoms with Crippen molar-refractivity contribution in [2.75, 3.05) is 30.7 Å². The Morgan fingerprint density at radius 3 is 2.82 bits per heavy atom. The number of aromatic hydroxyl groups is 1. The molecule has 1 saturated heterocycles. The van der Waals surface area contributed by atoms with Gasteiger partial charge in [-0.05, 0) is 68.8 Å². The van der Waals surface area contributed by atoms with Gasteiger partial charge in [0.15, 0.2) is 5.78 Å². The van der Waals surface area contributed by atoms with E-state index in [2.05, 4.69) is 27.1 Å². The molecule has 0 amide bonds. The molecular weight excluding hydrogens is 421 g/mol. The summed E-state index contributed by atoms with van der Waals surface area (Å²) in [4.78, 5) is 23.9. The molecule has 0 aliphatic carbocycles. The third kappa shape index (κ3) is 4.96. The SMILES string of the molecule is CCN1CCCC1CNc1cc(-c2cc(C(=O)c3ccc(C)cc3F)ccc2O)nc(N)n1. The number of benzene rings is 2. The Kier molecular flexibility index (Phi) is 6.55. The molecule has 7 nitrogen and oxygen atoms in total. The van der Waals surface area contributed by atoms with Gasteiger partial charge in [0.25, 0.3) is 0 Å². The van der Waals surface area contributed by atoms with Crippen molar-refractivity contribution in [3.63, 3.8) is 0 Å². The Morgan fingerprint density at radius 2 is 2.06 bits per heavy atom. The fraction of sp³-hybridized carbons (Fsp3) is 0.320. The van der Waals surface area contributed by atoms with Gasteiger partial charge in [0.05, 0.1) is 11.3 Å². The van der Waals surface area contributed by atoms with E-state index in [-0.39, 0.29) is 22.8 Å². The summed E-state index contributed by atoms with van der Waals surface area (Å²) in [5.74, 6) is -0.529. The molecule has 3 aromatic rings. The molecule has 1 aliphatic heterocycles. The van der Waals surface area contributed by atoms with Crippen LogP contribution in [0.15, 0.2) is 42.5 Å². The van der Waals surface area contributed by atoms with E-state index in [1.54, 1.807) is 19.1 Å². The van der Waals surface area contributed by atoms with Crippen LogP contribution >= 0.6 is 0 Å². The lowest BCUT2D eigenvalue weighted by Crippen LogP contribution is -2.34. The number of phenols is 1. The summed E-state index contributed by atoms with van der Waals surface area (Å²) in [6.45, 7) is 6.73. The number of nitrogen functional groups attached to an aromatic ring is 1. The fourth-order valence-corrected chi connectivity index (χ4v) is 4.30. The van der Waals surface area contributed by atoms with Gasteiger partial charge in [-0.25, -0.2) is 9.37 Å². The minimum atomic E-state index is -0.583. The lowest BCUT2D eigenvalue weighted by Gasteiger charge is -2.23. The number of aromatic nitrogens is 2. The van der Waals surface area contributed by atoms with Crippen LogP contribution in [-0.2, 0) is 0 Å². The second-order valence-electron chi connectivity index (χ2n) is 8.35. The third-order valence-electron chi connectivity index (χ3n) is 6.07. The largest absolute Gasteiger partial charge is 0.507 e. The number of likely N-dealkylation sites (N-methyl/N-ethyl adjacent to an activating group) is 1. The van der Waals surface area contributed by atoms with Gasteiger partial charge in [0.2, 0.25) is 5.95 Å². The standard InChI is InChI=1S/C25H28FN5O2/c1-3-31-10-4-5-17(31)14-28-23-13-21(29-25(27)30-23)19-12-16(7-9-22(19)32)24(33)18-8-6-15(2)11-20(18)26/h6-9,11-13,17,32H,3-5,10,14H2,1-2H3,(H3,27,28,29,30). The van der Waals surface area contributed by atoms with Crippen LogP contribution in [-0.4, -0.2) is 51.4 Å². The number of nitrogens with zero attached hydrogens (tertiary/aromatic N) is 3. The molecule has 4 N–H and O–H groups in total. The van der Waals surface area contributed by atoms with Gasteiger partial charge < -0.3 is 16.2 Å². The van der Waals surface area contributed by atoms with Crippen molar-refractivity contribution in [1.29, 1.82) is 0 Å². The van der Waals surface area contributed by atoms with E-state index in [0.717, 1.165) is 31.6 Å². The number of nitrogens with two attached hydrogens (primary N) is 1. The molecule has 2 heterocycles. The Balaban J connectivity index is 1.61. The number of hydrogen-bond acceptors (Lipinski definition) is 7. The van der Waals surface area contributed by atoms with Crippen LogP contribution in [0.25, 0.3) is 11.3 Å². The Morgan fingerprint density at radius 1 is 1.24 bits per heavy atom. The van der Waals surface area contributed by atoms with E-state index >= 15 is 0 Å². The maximum atomic E-state index is 14.3. The predicted octanol–water partition coefficient (Wildman–Crippen LogP) is 4.01. The number of aryl methyl sites for hydroxylation is 1. The molecule has 4 rings (SSSR count). The van der Waals surface area contributed by atoms with Crippen molar-refractivity contribution < 1.29 is 14.3 Å². The molecule has 8 heteroatoms. The van der Waals surface area contributed by atoms with Crippen LogP contribution in [0.5, 0.6) is 5.75 Å². The van der Waals surface area contributed by atoms with Crippen molar-refractivity contribution in [2.24, 2.45) is 0 Å². The number of nitrogens with one attached hydrogen (secondary N) is 1. The highest BCUT2D eigenvalue weighted by Gasteiger charge is 2.23. The normalized spacial score (nSPS) is 16.2. The molecule has 0 bridgehead atoms. The summed E-state index contributed by atoms with van der Waals surface area (Å²) in [5, 5.41) is 13.8. The number of carbonyl (C=O) groups is 1. The summed E-state index contributed by atoms with van der Waals surface area (Å²) < 4.78 is 14.3. The maximum absolute atomic E-state index is 14.3. The zero-order chi connectivity index (χ0) is 23.5. The quantitative estimate of drug-likeness (QED) is 0.468. The monoisotopic (exact) mass is 449 g/mol. The number of likely N-dealkylation sites (tertiary alicyclic amines) is 1. The van der Waals surface area contributed by atoms with Crippen molar-refractivity contribution >= 4 is 17.5 Å². The average Bonchev–Trinajstić information content (AvgIpc) is 3.25. The number of halogens is 1. The molecule has 0 spiro atoms. The van der Waals surface area contributed by atoms with Crippen molar-refractivity contribution in [1.82, 2.24) is 14.9 Å². The molecule has 2 aromatic carbocycles. The Labute approximate surface area is 192 Å². The van der Waals surface area contributed by atoms with Crippen LogP contribution in [0.1, 0.15) is 41.3 Å². The molecule has 0 saturated carbocycles. The highest BCUT2D eigenvalue weighted by molar-refractivity contribution is 6.10. The number of anilines is 2. The summed E-state index contributed by atoms with van der Waals surface area (Å²) in [7, 11) is 0. The van der Waals surface area contributed by atoms with E-state index in [1.165, 1.54) is 36.8 Å². The van der Waals surface area contributed by atoms with Crippen LogP contribution < -0.4 is 11.1 Å². The predicted molar refractivity (Wildman–Crippen MR) is 127 cm³/mol. The Bertz CT molecular complexity index is 1180. The van der Waals surface area contributed by atoms with Crippen LogP contribution in [0.2, 0.25) is 0 Å². The van der Waals surface area contributed by atoms with Gasteiger partial charge in [0.1, 0.15) is 17.4 Å². The molecule has 172 valence electrons. The van der Waals surface area contributed by atoms with E-state index in [4.69, 9.17) is 5.73 Å². The molecule has 33 heavy (non-hydrogen) atoms. The van der Waals surface area contributed by atoms with Crippen LogP contribution in [0.4, 0.5) is 16.2 Å². The zero-order valence-electron chi connectivity index (χ0n) is 18.8. The van der Waals surface area contributed by atoms with E-state index < -0.39 is 11.6 Å². The van der Waals surface area contributed by atoms with Crippen molar-refractivity contribution in [3.05, 3.63) is 65.0 Å². The van der Waals surface area contributed by atoms with Gasteiger partial charge in [-0.3, -0.25) is 9.69 Å². The lowest BCUT2D eigenvalue weighted by molar-refractivity contribution is 0.103. The average molecular weight is 450 g/mol. The molecule has 1 atom stereocenters. The van der Waals surface area contributed by atoms with Crippen molar-refractivity contribution in [3.8, 4) is 17.0 Å². The second-order valence-corrected chi connectivity index (χ2v) is 8.35. The molecule has 1 fully saturated rings. The number of ketones is 1. The number of carbonyl (C=O) groups excluding carboxylic acids is 1. The smallest absolute Gasteiger partial charge is 0.222 e. The number of hydrogen-bond donors (Lipinski definition) is 3. The Hall–Kier alpha value is -3.52. The lowest BCUT2D eigenvalue weighted by atomic mass is 9.98. The summed E-state index contributed by atoms with van der Waals surface area (Å²) in [6.07, 6.45) is 2.29. The minimum Gasteiger partial charge on any atom is -0.507 e. The summed E-state index contributed by atoms with van der Waals surface area (Å²) >= 11 is 0. The minimum absolute atomic E-state index is 0.0289. The fourth-order valence-electron chi connectivity index (χ4n) is 4.30. The summed E-state index contributed by atoms with van der Waals surface area (Å²) in [5.41, 5.74) is 7.57. The number of phenolic OH excluding ortho intramolecular Hbond substituents is 1. The van der Waals surface area contributed by atoms with Gasteiger partial charge in [-0.1, -0.05) is 13.0 Å². The van der Waals surface area contributed by atoms with Crippen LogP contribution in [0, 0.1) is 12.7 Å². The molecule has 0 radical (unpaired) electrons. The first-order chi connectivity index (χ1) is 15.9. The van der Waals surface area contributed by atoms with Gasteiger partial charge in [0, 0.05) is 29.8 Å². The second kappa shape index (κ2) is 9.54. The number of rotatable bonds is 7. The third-order valence-corrected chi connectivity index (χ3v) is 6.07.